The van der Waals surface area contributed by atoms with Crippen LogP contribution in [0.25, 0.3) is 0 Å². The third-order valence-corrected chi connectivity index (χ3v) is 4.55. The number of carbonyl (C=O) groups excluding carboxylic acids is 1. The molecule has 0 saturated carbocycles. The van der Waals surface area contributed by atoms with Gasteiger partial charge in [-0.1, -0.05) is 23.7 Å². The number of hydrogen-bond acceptors (Lipinski definition) is 3. The molecule has 0 atom stereocenters. The molecular formula is C10H11ClOS2. The van der Waals surface area contributed by atoms with Crippen molar-refractivity contribution in [2.45, 2.75) is 4.58 Å². The third-order valence-electron chi connectivity index (χ3n) is 1.78. The second kappa shape index (κ2) is 5.69. The monoisotopic (exact) mass is 246 g/mol. The highest BCUT2D eigenvalue weighted by atomic mass is 35.5. The fraction of sp³-hybridized carbons (Fsp3) is 0.300. The van der Waals surface area contributed by atoms with Gasteiger partial charge in [0.2, 0.25) is 0 Å². The van der Waals surface area contributed by atoms with Crippen LogP contribution in [0.2, 0.25) is 5.02 Å². The summed E-state index contributed by atoms with van der Waals surface area (Å²) in [5.41, 5.74) is 0.614. The van der Waals surface area contributed by atoms with Gasteiger partial charge in [0.1, 0.15) is 4.58 Å². The first-order chi connectivity index (χ1) is 6.70. The SMILES string of the molecule is CSC(SC)C(=O)c1ccccc1Cl. The van der Waals surface area contributed by atoms with Gasteiger partial charge in [-0.25, -0.2) is 0 Å². The number of benzene rings is 1. The number of hydrogen-bond donors (Lipinski definition) is 0. The van der Waals surface area contributed by atoms with E-state index in [2.05, 4.69) is 0 Å². The highest BCUT2D eigenvalue weighted by Gasteiger charge is 2.19. The Morgan fingerprint density at radius 3 is 2.36 bits per heavy atom. The zero-order valence-electron chi connectivity index (χ0n) is 7.99. The molecule has 1 nitrogen and oxygen atoms in total. The molecule has 0 aromatic heterocycles. The van der Waals surface area contributed by atoms with Crippen molar-refractivity contribution in [2.75, 3.05) is 12.5 Å². The molecule has 1 rings (SSSR count). The van der Waals surface area contributed by atoms with Crippen LogP contribution >= 0.6 is 35.1 Å². The molecule has 0 aliphatic rings. The number of thioether (sulfide) groups is 2. The van der Waals surface area contributed by atoms with Crippen molar-refractivity contribution >= 4 is 40.9 Å². The molecule has 1 aromatic rings. The van der Waals surface area contributed by atoms with E-state index in [0.717, 1.165) is 0 Å². The van der Waals surface area contributed by atoms with E-state index in [1.807, 2.05) is 24.6 Å². The molecule has 14 heavy (non-hydrogen) atoms. The van der Waals surface area contributed by atoms with Gasteiger partial charge in [0.25, 0.3) is 0 Å². The Morgan fingerprint density at radius 1 is 1.29 bits per heavy atom. The van der Waals surface area contributed by atoms with E-state index in [4.69, 9.17) is 11.6 Å². The fourth-order valence-corrected chi connectivity index (χ4v) is 2.78. The van der Waals surface area contributed by atoms with E-state index in [9.17, 15) is 4.79 Å². The van der Waals surface area contributed by atoms with Crippen LogP contribution in [0.3, 0.4) is 0 Å². The predicted molar refractivity (Wildman–Crippen MR) is 66.6 cm³/mol. The molecule has 0 amide bonds. The van der Waals surface area contributed by atoms with Gasteiger partial charge in [-0.2, -0.15) is 0 Å². The van der Waals surface area contributed by atoms with Crippen LogP contribution in [0.1, 0.15) is 10.4 Å². The van der Waals surface area contributed by atoms with Crippen molar-refractivity contribution in [3.05, 3.63) is 34.9 Å². The largest absolute Gasteiger partial charge is 0.292 e. The fourth-order valence-electron chi connectivity index (χ4n) is 1.10. The summed E-state index contributed by atoms with van der Waals surface area (Å²) in [5.74, 6) is 0.0931. The first kappa shape index (κ1) is 12.0. The molecule has 0 heterocycles. The van der Waals surface area contributed by atoms with Crippen molar-refractivity contribution in [2.24, 2.45) is 0 Å². The second-order valence-electron chi connectivity index (χ2n) is 2.65. The Labute approximate surface area is 97.6 Å². The Balaban J connectivity index is 2.94. The van der Waals surface area contributed by atoms with Gasteiger partial charge in [-0.3, -0.25) is 4.79 Å². The molecular weight excluding hydrogens is 236 g/mol. The van der Waals surface area contributed by atoms with Crippen LogP contribution in [0.15, 0.2) is 24.3 Å². The van der Waals surface area contributed by atoms with Gasteiger partial charge in [-0.05, 0) is 24.6 Å². The molecule has 0 unspecified atom stereocenters. The topological polar surface area (TPSA) is 17.1 Å². The number of halogens is 1. The summed E-state index contributed by atoms with van der Waals surface area (Å²) in [6, 6.07) is 7.17. The number of carbonyl (C=O) groups is 1. The molecule has 4 heteroatoms. The maximum absolute atomic E-state index is 11.9. The van der Waals surface area contributed by atoms with Gasteiger partial charge in [-0.15, -0.1) is 23.5 Å². The van der Waals surface area contributed by atoms with Crippen LogP contribution in [-0.2, 0) is 0 Å². The summed E-state index contributed by atoms with van der Waals surface area (Å²) >= 11 is 9.01. The van der Waals surface area contributed by atoms with Crippen LogP contribution in [0, 0.1) is 0 Å². The van der Waals surface area contributed by atoms with Gasteiger partial charge < -0.3 is 0 Å². The molecule has 0 radical (unpaired) electrons. The van der Waals surface area contributed by atoms with E-state index >= 15 is 0 Å². The molecule has 0 bridgehead atoms. The standard InChI is InChI=1S/C10H11ClOS2/c1-13-10(14-2)9(12)7-5-3-4-6-8(7)11/h3-6,10H,1-2H3. The van der Waals surface area contributed by atoms with Crippen molar-refractivity contribution in [3.63, 3.8) is 0 Å². The Morgan fingerprint density at radius 2 is 1.86 bits per heavy atom. The average Bonchev–Trinajstić information content (AvgIpc) is 2.20. The molecule has 0 spiro atoms. The summed E-state index contributed by atoms with van der Waals surface area (Å²) in [5, 5.41) is 0.533. The molecule has 0 aliphatic heterocycles. The van der Waals surface area contributed by atoms with E-state index in [0.29, 0.717) is 10.6 Å². The number of rotatable bonds is 4. The van der Waals surface area contributed by atoms with Gasteiger partial charge in [0, 0.05) is 5.56 Å². The minimum Gasteiger partial charge on any atom is -0.292 e. The molecule has 0 saturated heterocycles. The molecule has 0 aliphatic carbocycles. The lowest BCUT2D eigenvalue weighted by Gasteiger charge is -2.10. The van der Waals surface area contributed by atoms with Crippen LogP contribution in [0.4, 0.5) is 0 Å². The van der Waals surface area contributed by atoms with Crippen LogP contribution in [-0.4, -0.2) is 22.9 Å². The van der Waals surface area contributed by atoms with Gasteiger partial charge in [0.05, 0.1) is 5.02 Å². The van der Waals surface area contributed by atoms with Gasteiger partial charge >= 0.3 is 0 Å². The molecule has 1 aromatic carbocycles. The normalized spacial score (nSPS) is 10.6. The lowest BCUT2D eigenvalue weighted by atomic mass is 10.1. The van der Waals surface area contributed by atoms with Crippen molar-refractivity contribution in [3.8, 4) is 0 Å². The molecule has 76 valence electrons. The van der Waals surface area contributed by atoms with Gasteiger partial charge in [0.15, 0.2) is 5.78 Å². The summed E-state index contributed by atoms with van der Waals surface area (Å²) < 4.78 is -0.0603. The first-order valence-electron chi connectivity index (χ1n) is 4.05. The lowest BCUT2D eigenvalue weighted by molar-refractivity contribution is 0.101. The smallest absolute Gasteiger partial charge is 0.187 e. The highest BCUT2D eigenvalue weighted by molar-refractivity contribution is 8.17. The third kappa shape index (κ3) is 2.69. The Hall–Kier alpha value is -0.120. The first-order valence-corrected chi connectivity index (χ1v) is 7.00. The van der Waals surface area contributed by atoms with Crippen molar-refractivity contribution < 1.29 is 4.79 Å². The molecule has 0 N–H and O–H groups in total. The summed E-state index contributed by atoms with van der Waals surface area (Å²) in [6.07, 6.45) is 3.85. The predicted octanol–water partition coefficient (Wildman–Crippen LogP) is 3.57. The van der Waals surface area contributed by atoms with E-state index in [1.165, 1.54) is 23.5 Å². The lowest BCUT2D eigenvalue weighted by Crippen LogP contribution is -2.13. The zero-order chi connectivity index (χ0) is 10.6. The maximum atomic E-state index is 11.9. The summed E-state index contributed by atoms with van der Waals surface area (Å²) in [7, 11) is 0. The van der Waals surface area contributed by atoms with E-state index in [-0.39, 0.29) is 10.4 Å². The van der Waals surface area contributed by atoms with Crippen molar-refractivity contribution in [1.29, 1.82) is 0 Å². The zero-order valence-corrected chi connectivity index (χ0v) is 10.4. The number of ketones is 1. The van der Waals surface area contributed by atoms with E-state index in [1.54, 1.807) is 12.1 Å². The minimum absolute atomic E-state index is 0.0603. The number of Topliss-reactive ketones (excluding diaryl/α,β-unsaturated/α-hetero) is 1. The molecule has 0 fully saturated rings. The summed E-state index contributed by atoms with van der Waals surface area (Å²) in [6.45, 7) is 0. The van der Waals surface area contributed by atoms with E-state index < -0.39 is 0 Å². The van der Waals surface area contributed by atoms with Crippen molar-refractivity contribution in [1.82, 2.24) is 0 Å². The van der Waals surface area contributed by atoms with Crippen LogP contribution in [0.5, 0.6) is 0 Å². The van der Waals surface area contributed by atoms with Crippen LogP contribution < -0.4 is 0 Å². The average molecular weight is 247 g/mol. The highest BCUT2D eigenvalue weighted by Crippen LogP contribution is 2.26. The quantitative estimate of drug-likeness (QED) is 0.597. The minimum atomic E-state index is -0.0603. The maximum Gasteiger partial charge on any atom is 0.187 e. The Kier molecular flexibility index (Phi) is 4.85. The second-order valence-corrected chi connectivity index (χ2v) is 5.24. The summed E-state index contributed by atoms with van der Waals surface area (Å²) in [4.78, 5) is 11.9. The Bertz CT molecular complexity index is 324.